The van der Waals surface area contributed by atoms with Crippen LogP contribution in [-0.2, 0) is 4.79 Å². The summed E-state index contributed by atoms with van der Waals surface area (Å²) >= 11 is 0. The highest BCUT2D eigenvalue weighted by Gasteiger charge is 2.06. The Morgan fingerprint density at radius 1 is 1.04 bits per heavy atom. The molecule has 5 heteroatoms. The molecule has 0 fully saturated rings. The van der Waals surface area contributed by atoms with Gasteiger partial charge in [0.1, 0.15) is 0 Å². The molecular formula is C19H20N2O3. The van der Waals surface area contributed by atoms with E-state index in [1.807, 2.05) is 55.5 Å². The predicted octanol–water partition coefficient (Wildman–Crippen LogP) is 3.28. The van der Waals surface area contributed by atoms with Crippen molar-refractivity contribution in [2.24, 2.45) is 5.10 Å². The third-order valence-corrected chi connectivity index (χ3v) is 2.95. The normalized spacial score (nSPS) is 10.9. The monoisotopic (exact) mass is 324 g/mol. The number of allylic oxidation sites excluding steroid dienone is 1. The third kappa shape index (κ3) is 5.96. The number of hydrazone groups is 1. The minimum atomic E-state index is -0.342. The largest absolute Gasteiger partial charge is 0.490 e. The van der Waals surface area contributed by atoms with Gasteiger partial charge in [-0.05, 0) is 30.7 Å². The topological polar surface area (TPSA) is 59.9 Å². The van der Waals surface area contributed by atoms with Crippen molar-refractivity contribution in [3.8, 4) is 11.5 Å². The summed E-state index contributed by atoms with van der Waals surface area (Å²) in [4.78, 5) is 11.7. The number of benzene rings is 2. The first-order chi connectivity index (χ1) is 11.8. The van der Waals surface area contributed by atoms with Gasteiger partial charge in [-0.3, -0.25) is 4.79 Å². The summed E-state index contributed by atoms with van der Waals surface area (Å²) in [5, 5.41) is 3.83. The quantitative estimate of drug-likeness (QED) is 0.599. The highest BCUT2D eigenvalue weighted by atomic mass is 16.5. The maximum atomic E-state index is 11.7. The Labute approximate surface area is 141 Å². The molecule has 0 saturated heterocycles. The number of carbonyl (C=O) groups excluding carboxylic acids is 1. The number of rotatable bonds is 8. The van der Waals surface area contributed by atoms with Crippen LogP contribution in [0.25, 0.3) is 6.08 Å². The van der Waals surface area contributed by atoms with E-state index in [1.54, 1.807) is 18.2 Å². The number of nitrogens with zero attached hydrogens (tertiary/aromatic N) is 1. The van der Waals surface area contributed by atoms with E-state index >= 15 is 0 Å². The highest BCUT2D eigenvalue weighted by Crippen LogP contribution is 2.26. The first-order valence-electron chi connectivity index (χ1n) is 7.68. The van der Waals surface area contributed by atoms with Crippen molar-refractivity contribution in [3.63, 3.8) is 0 Å². The van der Waals surface area contributed by atoms with Crippen LogP contribution in [0.3, 0.4) is 0 Å². The Bertz CT molecular complexity index is 697. The van der Waals surface area contributed by atoms with Crippen molar-refractivity contribution in [3.05, 3.63) is 66.2 Å². The van der Waals surface area contributed by atoms with Gasteiger partial charge >= 0.3 is 0 Å². The Morgan fingerprint density at radius 3 is 2.42 bits per heavy atom. The van der Waals surface area contributed by atoms with E-state index in [2.05, 4.69) is 10.5 Å². The molecule has 124 valence electrons. The summed E-state index contributed by atoms with van der Waals surface area (Å²) in [6.07, 6.45) is 5.16. The van der Waals surface area contributed by atoms with E-state index in [9.17, 15) is 4.79 Å². The number of amides is 1. The van der Waals surface area contributed by atoms with Gasteiger partial charge in [-0.15, -0.1) is 0 Å². The number of para-hydroxylation sites is 2. The van der Waals surface area contributed by atoms with Crippen molar-refractivity contribution < 1.29 is 14.3 Å². The lowest BCUT2D eigenvalue weighted by Gasteiger charge is -2.10. The van der Waals surface area contributed by atoms with Crippen LogP contribution in [0, 0.1) is 0 Å². The average Bonchev–Trinajstić information content (AvgIpc) is 2.62. The molecule has 0 spiro atoms. The van der Waals surface area contributed by atoms with Crippen LogP contribution in [0.4, 0.5) is 0 Å². The fraction of sp³-hybridized carbons (Fsp3) is 0.158. The summed E-state index contributed by atoms with van der Waals surface area (Å²) in [7, 11) is 0. The minimum Gasteiger partial charge on any atom is -0.490 e. The molecule has 0 aliphatic heterocycles. The van der Waals surface area contributed by atoms with Gasteiger partial charge in [0.15, 0.2) is 18.1 Å². The van der Waals surface area contributed by atoms with Crippen molar-refractivity contribution in [2.45, 2.75) is 6.92 Å². The zero-order valence-electron chi connectivity index (χ0n) is 13.5. The maximum Gasteiger partial charge on any atom is 0.277 e. The number of hydrogen-bond donors (Lipinski definition) is 1. The molecular weight excluding hydrogens is 304 g/mol. The van der Waals surface area contributed by atoms with Crippen LogP contribution in [0.2, 0.25) is 0 Å². The molecule has 0 radical (unpaired) electrons. The molecule has 5 nitrogen and oxygen atoms in total. The first-order valence-corrected chi connectivity index (χ1v) is 7.68. The van der Waals surface area contributed by atoms with E-state index in [4.69, 9.17) is 9.47 Å². The summed E-state index contributed by atoms with van der Waals surface area (Å²) in [5.41, 5.74) is 3.47. The Morgan fingerprint density at radius 2 is 1.71 bits per heavy atom. The van der Waals surface area contributed by atoms with E-state index < -0.39 is 0 Å². The van der Waals surface area contributed by atoms with Crippen molar-refractivity contribution in [2.75, 3.05) is 13.2 Å². The van der Waals surface area contributed by atoms with Gasteiger partial charge in [0.05, 0.1) is 6.61 Å². The average molecular weight is 324 g/mol. The summed E-state index contributed by atoms with van der Waals surface area (Å²) in [6.45, 7) is 2.29. The summed E-state index contributed by atoms with van der Waals surface area (Å²) in [6, 6.07) is 17.0. The fourth-order valence-electron chi connectivity index (χ4n) is 1.89. The van der Waals surface area contributed by atoms with Gasteiger partial charge in [-0.1, -0.05) is 48.5 Å². The molecule has 0 bridgehead atoms. The van der Waals surface area contributed by atoms with Gasteiger partial charge in [-0.2, -0.15) is 5.10 Å². The van der Waals surface area contributed by atoms with Crippen LogP contribution >= 0.6 is 0 Å². The fourth-order valence-corrected chi connectivity index (χ4v) is 1.89. The predicted molar refractivity (Wildman–Crippen MR) is 95.2 cm³/mol. The molecule has 0 aliphatic rings. The summed E-state index contributed by atoms with van der Waals surface area (Å²) in [5.74, 6) is 0.801. The highest BCUT2D eigenvalue weighted by molar-refractivity contribution is 5.82. The van der Waals surface area contributed by atoms with Gasteiger partial charge in [0.25, 0.3) is 5.91 Å². The van der Waals surface area contributed by atoms with Crippen LogP contribution < -0.4 is 14.9 Å². The van der Waals surface area contributed by atoms with E-state index in [0.717, 1.165) is 5.56 Å². The van der Waals surface area contributed by atoms with Crippen molar-refractivity contribution >= 4 is 18.2 Å². The summed E-state index contributed by atoms with van der Waals surface area (Å²) < 4.78 is 10.9. The zero-order chi connectivity index (χ0) is 17.0. The lowest BCUT2D eigenvalue weighted by Crippen LogP contribution is -2.24. The standard InChI is InChI=1S/C19H20N2O3/c1-2-23-17-12-6-7-13-18(17)24-15-19(22)21-20-14-8-11-16-9-4-3-5-10-16/h3-14H,2,15H2,1H3,(H,21,22)/b11-8+,20-14+. The molecule has 1 amide bonds. The second-order valence-corrected chi connectivity index (χ2v) is 4.75. The van der Waals surface area contributed by atoms with E-state index in [-0.39, 0.29) is 12.5 Å². The van der Waals surface area contributed by atoms with Gasteiger partial charge < -0.3 is 9.47 Å². The number of hydrogen-bond acceptors (Lipinski definition) is 4. The number of nitrogens with one attached hydrogen (secondary N) is 1. The van der Waals surface area contributed by atoms with Crippen molar-refractivity contribution in [1.82, 2.24) is 5.43 Å². The Hall–Kier alpha value is -3.08. The zero-order valence-corrected chi connectivity index (χ0v) is 13.5. The SMILES string of the molecule is CCOc1ccccc1OCC(=O)N/N=C/C=C/c1ccccc1. The Kier molecular flexibility index (Phi) is 7.08. The third-order valence-electron chi connectivity index (χ3n) is 2.95. The maximum absolute atomic E-state index is 11.7. The second kappa shape index (κ2) is 9.84. The van der Waals surface area contributed by atoms with Gasteiger partial charge in [0.2, 0.25) is 0 Å². The Balaban J connectivity index is 1.75. The van der Waals surface area contributed by atoms with Crippen molar-refractivity contribution in [1.29, 1.82) is 0 Å². The molecule has 0 unspecified atom stereocenters. The van der Waals surface area contributed by atoms with Gasteiger partial charge in [0, 0.05) is 6.21 Å². The van der Waals surface area contributed by atoms with E-state index in [0.29, 0.717) is 18.1 Å². The lowest BCUT2D eigenvalue weighted by molar-refractivity contribution is -0.123. The lowest BCUT2D eigenvalue weighted by atomic mass is 10.2. The smallest absolute Gasteiger partial charge is 0.277 e. The van der Waals surface area contributed by atoms with Crippen LogP contribution in [-0.4, -0.2) is 25.3 Å². The van der Waals surface area contributed by atoms with Crippen LogP contribution in [0.15, 0.2) is 65.8 Å². The van der Waals surface area contributed by atoms with Crippen LogP contribution in [0.1, 0.15) is 12.5 Å². The van der Waals surface area contributed by atoms with E-state index in [1.165, 1.54) is 6.21 Å². The molecule has 0 atom stereocenters. The number of carbonyl (C=O) groups is 1. The molecule has 0 aliphatic carbocycles. The molecule has 0 heterocycles. The van der Waals surface area contributed by atoms with Gasteiger partial charge in [-0.25, -0.2) is 5.43 Å². The number of ether oxygens (including phenoxy) is 2. The molecule has 0 aromatic heterocycles. The molecule has 24 heavy (non-hydrogen) atoms. The van der Waals surface area contributed by atoms with Crippen LogP contribution in [0.5, 0.6) is 11.5 Å². The molecule has 0 saturated carbocycles. The first kappa shape index (κ1) is 17.3. The second-order valence-electron chi connectivity index (χ2n) is 4.75. The molecule has 2 aromatic rings. The molecule has 2 aromatic carbocycles. The minimum absolute atomic E-state index is 0.135. The molecule has 2 rings (SSSR count). The molecule has 1 N–H and O–H groups in total.